The molecule has 14 heteroatoms. The monoisotopic (exact) mass is 477 g/mol. The summed E-state index contributed by atoms with van der Waals surface area (Å²) < 4.78 is 31.2. The first-order valence-corrected chi connectivity index (χ1v) is 11.4. The number of hydrogen-bond acceptors (Lipinski definition) is 10. The van der Waals surface area contributed by atoms with E-state index < -0.39 is 42.8 Å². The van der Waals surface area contributed by atoms with Crippen molar-refractivity contribution in [2.24, 2.45) is 0 Å². The summed E-state index contributed by atoms with van der Waals surface area (Å²) in [5, 5.41) is 17.1. The predicted octanol–water partition coefficient (Wildman–Crippen LogP) is 0.246. The molecule has 0 aliphatic carbocycles. The van der Waals surface area contributed by atoms with Gasteiger partial charge in [-0.1, -0.05) is 5.21 Å². The third kappa shape index (κ3) is 3.55. The number of benzene rings is 1. The van der Waals surface area contributed by atoms with Gasteiger partial charge in [-0.2, -0.15) is 0 Å². The Morgan fingerprint density at radius 2 is 1.97 bits per heavy atom. The minimum atomic E-state index is -4.01. The van der Waals surface area contributed by atoms with Gasteiger partial charge in [0.2, 0.25) is 5.91 Å². The van der Waals surface area contributed by atoms with Crippen molar-refractivity contribution in [2.75, 3.05) is 0 Å². The maximum Gasteiger partial charge on any atom is 0.330 e. The number of Topliss-reactive ketones (excluding diaryl/α,β-unsaturated/α-hetero) is 1. The number of carbonyl (C=O) groups excluding carboxylic acids is 3. The molecule has 2 aliphatic heterocycles. The van der Waals surface area contributed by atoms with Gasteiger partial charge in [-0.3, -0.25) is 24.4 Å². The van der Waals surface area contributed by atoms with Crippen molar-refractivity contribution >= 4 is 33.2 Å². The molecule has 0 saturated carbocycles. The van der Waals surface area contributed by atoms with Crippen molar-refractivity contribution in [1.82, 2.24) is 19.9 Å². The van der Waals surface area contributed by atoms with Crippen LogP contribution >= 0.6 is 0 Å². The number of aromatic nitrogens is 3. The zero-order chi connectivity index (χ0) is 24.1. The number of nitrogens with zero attached hydrogens (tertiary/aromatic N) is 5. The third-order valence-corrected chi connectivity index (χ3v) is 8.70. The van der Waals surface area contributed by atoms with E-state index in [-0.39, 0.29) is 36.7 Å². The minimum absolute atomic E-state index is 0.0330. The van der Waals surface area contributed by atoms with E-state index in [1.54, 1.807) is 0 Å². The van der Waals surface area contributed by atoms with Crippen molar-refractivity contribution in [3.05, 3.63) is 51.8 Å². The number of rotatable bonds is 7. The molecule has 2 aliphatic rings. The van der Waals surface area contributed by atoms with Crippen molar-refractivity contribution in [3.63, 3.8) is 0 Å². The predicted molar refractivity (Wildman–Crippen MR) is 109 cm³/mol. The second kappa shape index (κ2) is 7.72. The van der Waals surface area contributed by atoms with E-state index >= 15 is 0 Å². The maximum atomic E-state index is 13.3. The second-order valence-electron chi connectivity index (χ2n) is 8.11. The zero-order valence-electron chi connectivity index (χ0n) is 17.6. The van der Waals surface area contributed by atoms with Crippen LogP contribution in [0.25, 0.3) is 0 Å². The van der Waals surface area contributed by atoms with E-state index in [1.165, 1.54) is 44.3 Å². The molecule has 0 radical (unpaired) electrons. The fraction of sp³-hybridized carbons (Fsp3) is 0.421. The van der Waals surface area contributed by atoms with E-state index in [0.29, 0.717) is 5.56 Å². The lowest BCUT2D eigenvalue weighted by Crippen LogP contribution is -2.58. The van der Waals surface area contributed by atoms with E-state index in [2.05, 4.69) is 10.3 Å². The van der Waals surface area contributed by atoms with E-state index in [9.17, 15) is 32.9 Å². The Labute approximate surface area is 187 Å². The lowest BCUT2D eigenvalue weighted by atomic mass is 9.96. The lowest BCUT2D eigenvalue weighted by Gasteiger charge is -2.36. The van der Waals surface area contributed by atoms with Gasteiger partial charge in [0.1, 0.15) is 22.4 Å². The molecule has 1 amide bonds. The molecule has 4 rings (SSSR count). The standard InChI is InChI=1S/C19H19N5O8S/c1-11(25)14-8-22(21-20-14)10-19(2)17(23-15(26)7-16(23)33(19,30)31)18(27)32-9-12-3-5-13(6-4-12)24(28)29/h3-6,8,16-17H,7,9-10H2,1-2H3/t16-,17-,19-/m0/s1. The molecule has 2 saturated heterocycles. The number of carbonyl (C=O) groups is 3. The summed E-state index contributed by atoms with van der Waals surface area (Å²) in [7, 11) is -4.01. The van der Waals surface area contributed by atoms with Gasteiger partial charge < -0.3 is 9.64 Å². The minimum Gasteiger partial charge on any atom is -0.459 e. The molecule has 0 bridgehead atoms. The summed E-state index contributed by atoms with van der Waals surface area (Å²) >= 11 is 0. The highest BCUT2D eigenvalue weighted by Gasteiger charge is 2.70. The molecule has 0 N–H and O–H groups in total. The Hall–Kier alpha value is -3.68. The Morgan fingerprint density at radius 1 is 1.30 bits per heavy atom. The molecule has 1 aromatic heterocycles. The third-order valence-electron chi connectivity index (χ3n) is 5.94. The Bertz CT molecular complexity index is 1270. The van der Waals surface area contributed by atoms with Crippen LogP contribution in [0.15, 0.2) is 30.5 Å². The molecule has 174 valence electrons. The van der Waals surface area contributed by atoms with Crippen LogP contribution in [0.5, 0.6) is 0 Å². The number of non-ortho nitro benzene ring substituents is 1. The summed E-state index contributed by atoms with van der Waals surface area (Å²) in [6.45, 7) is 2.02. The van der Waals surface area contributed by atoms with Gasteiger partial charge in [0, 0.05) is 19.1 Å². The number of fused-ring (bicyclic) bond motifs is 1. The van der Waals surface area contributed by atoms with Crippen molar-refractivity contribution in [2.45, 2.75) is 49.6 Å². The molecule has 1 aromatic carbocycles. The molecular weight excluding hydrogens is 458 g/mol. The number of esters is 1. The van der Waals surface area contributed by atoms with Gasteiger partial charge in [-0.15, -0.1) is 5.10 Å². The van der Waals surface area contributed by atoms with Crippen molar-refractivity contribution in [1.29, 1.82) is 0 Å². The van der Waals surface area contributed by atoms with Crippen molar-refractivity contribution in [3.8, 4) is 0 Å². The van der Waals surface area contributed by atoms with Crippen LogP contribution in [0.2, 0.25) is 0 Å². The Balaban J connectivity index is 1.60. The molecule has 0 spiro atoms. The van der Waals surface area contributed by atoms with E-state index in [1.807, 2.05) is 0 Å². The average molecular weight is 477 g/mol. The van der Waals surface area contributed by atoms with Crippen LogP contribution in [-0.4, -0.2) is 67.1 Å². The van der Waals surface area contributed by atoms with Gasteiger partial charge in [0.15, 0.2) is 21.7 Å². The molecule has 33 heavy (non-hydrogen) atoms. The molecule has 2 aromatic rings. The number of nitro groups is 1. The number of ether oxygens (including phenoxy) is 1. The highest BCUT2D eigenvalue weighted by molar-refractivity contribution is 7.93. The first-order chi connectivity index (χ1) is 15.5. The smallest absolute Gasteiger partial charge is 0.330 e. The quantitative estimate of drug-likeness (QED) is 0.177. The number of hydrogen-bond donors (Lipinski definition) is 0. The summed E-state index contributed by atoms with van der Waals surface area (Å²) in [6, 6.07) is 3.88. The van der Waals surface area contributed by atoms with Crippen LogP contribution in [0.4, 0.5) is 5.69 Å². The molecule has 13 nitrogen and oxygen atoms in total. The summed E-state index contributed by atoms with van der Waals surface area (Å²) in [4.78, 5) is 48.0. The Kier molecular flexibility index (Phi) is 5.27. The number of nitro benzene ring substituents is 1. The van der Waals surface area contributed by atoms with E-state index in [4.69, 9.17) is 4.74 Å². The average Bonchev–Trinajstić information content (AvgIpc) is 3.26. The van der Waals surface area contributed by atoms with Gasteiger partial charge >= 0.3 is 5.97 Å². The first kappa shape index (κ1) is 22.5. The molecule has 3 atom stereocenters. The van der Waals surface area contributed by atoms with E-state index in [0.717, 1.165) is 9.58 Å². The normalized spacial score (nSPS) is 25.3. The topological polar surface area (TPSA) is 172 Å². The van der Waals surface area contributed by atoms with Gasteiger partial charge in [0.05, 0.1) is 24.1 Å². The highest BCUT2D eigenvalue weighted by atomic mass is 32.2. The molecule has 2 fully saturated rings. The molecule has 3 heterocycles. The second-order valence-corrected chi connectivity index (χ2v) is 10.7. The number of amides is 1. The number of ketones is 1. The maximum absolute atomic E-state index is 13.3. The SMILES string of the molecule is CC(=O)c1cn(C[C@@]2(C)[C@H](C(=O)OCc3ccc([N+](=O)[O-])cc3)N3C(=O)C[C@@H]3S2(=O)=O)nn1. The summed E-state index contributed by atoms with van der Waals surface area (Å²) in [5.74, 6) is -1.78. The van der Waals surface area contributed by atoms with Crippen LogP contribution in [0, 0.1) is 10.1 Å². The fourth-order valence-corrected chi connectivity index (χ4v) is 6.43. The molecule has 0 unspecified atom stereocenters. The zero-order valence-corrected chi connectivity index (χ0v) is 18.4. The lowest BCUT2D eigenvalue weighted by molar-refractivity contribution is -0.384. The highest BCUT2D eigenvalue weighted by Crippen LogP contribution is 2.47. The van der Waals surface area contributed by atoms with Gasteiger partial charge in [0.25, 0.3) is 5.69 Å². The van der Waals surface area contributed by atoms with Crippen LogP contribution in [0.1, 0.15) is 36.3 Å². The van der Waals surface area contributed by atoms with Gasteiger partial charge in [-0.25, -0.2) is 13.2 Å². The fourth-order valence-electron chi connectivity index (χ4n) is 4.08. The van der Waals surface area contributed by atoms with Crippen LogP contribution < -0.4 is 0 Å². The number of β-lactam (4-membered cyclic amide) rings is 1. The molecular formula is C19H19N5O8S. The van der Waals surface area contributed by atoms with Gasteiger partial charge in [-0.05, 0) is 24.6 Å². The first-order valence-electron chi connectivity index (χ1n) is 9.81. The number of sulfone groups is 1. The Morgan fingerprint density at radius 3 is 2.52 bits per heavy atom. The van der Waals surface area contributed by atoms with Crippen molar-refractivity contribution < 1.29 is 32.5 Å². The van der Waals surface area contributed by atoms with Crippen LogP contribution in [-0.2, 0) is 37.3 Å². The summed E-state index contributed by atoms with van der Waals surface area (Å²) in [6.07, 6.45) is 1.04. The largest absolute Gasteiger partial charge is 0.459 e. The summed E-state index contributed by atoms with van der Waals surface area (Å²) in [5.41, 5.74) is 0.349. The van der Waals surface area contributed by atoms with Crippen LogP contribution in [0.3, 0.4) is 0 Å².